The number of likely N-dealkylation sites (N-methyl/N-ethyl adjacent to an activating group) is 1. The van der Waals surface area contributed by atoms with Crippen molar-refractivity contribution in [3.63, 3.8) is 0 Å². The second-order valence-corrected chi connectivity index (χ2v) is 7.62. The monoisotopic (exact) mass is 389 g/mol. The van der Waals surface area contributed by atoms with Gasteiger partial charge in [0.25, 0.3) is 0 Å². The molecule has 2 heterocycles. The number of nitrogens with zero attached hydrogens (tertiary/aromatic N) is 1. The quantitative estimate of drug-likeness (QED) is 0.784. The van der Waals surface area contributed by atoms with Crippen LogP contribution in [0.15, 0.2) is 18.2 Å². The van der Waals surface area contributed by atoms with Crippen LogP contribution < -0.4 is 14.2 Å². The van der Waals surface area contributed by atoms with Crippen LogP contribution in [0.25, 0.3) is 0 Å². The van der Waals surface area contributed by atoms with Crippen LogP contribution in [0.3, 0.4) is 0 Å². The Bertz CT molecular complexity index is 912. The molecular weight excluding hydrogens is 362 g/mol. The second-order valence-electron chi connectivity index (χ2n) is 7.62. The molecule has 2 aliphatic heterocycles. The highest BCUT2D eigenvalue weighted by molar-refractivity contribution is 5.60. The minimum Gasteiger partial charge on any atom is -0.870 e. The van der Waals surface area contributed by atoms with Crippen LogP contribution in [-0.2, 0) is 19.4 Å². The normalized spacial score (nSPS) is 22.2. The molecule has 2 aromatic carbocycles. The molecule has 4 rings (SSSR count). The Balaban J connectivity index is 0.00000225. The van der Waals surface area contributed by atoms with Crippen LogP contribution in [0, 0.1) is 0 Å². The maximum absolute atomic E-state index is 10.8. The van der Waals surface area contributed by atoms with Crippen molar-refractivity contribution >= 4 is 0 Å². The van der Waals surface area contributed by atoms with Crippen molar-refractivity contribution in [3.8, 4) is 28.7 Å². The summed E-state index contributed by atoms with van der Waals surface area (Å²) in [6.07, 6.45) is 1.56. The van der Waals surface area contributed by atoms with Gasteiger partial charge >= 0.3 is 0 Å². The van der Waals surface area contributed by atoms with Crippen molar-refractivity contribution in [2.45, 2.75) is 25.4 Å². The van der Waals surface area contributed by atoms with Gasteiger partial charge in [0.15, 0.2) is 23.0 Å². The van der Waals surface area contributed by atoms with Gasteiger partial charge < -0.3 is 34.4 Å². The third-order valence-corrected chi connectivity index (χ3v) is 6.24. The van der Waals surface area contributed by atoms with E-state index in [-0.39, 0.29) is 23.0 Å². The lowest BCUT2D eigenvalue weighted by molar-refractivity contribution is -0.956. The SMILES string of the molecule is COc1cc2c(c(O)c1OC)CC[N@+]1(C)Cc3c(ccc(O)c3OC)C[C@@H]21.[OH-]. The predicted molar refractivity (Wildman–Crippen MR) is 103 cm³/mol. The highest BCUT2D eigenvalue weighted by atomic mass is 16.5. The second kappa shape index (κ2) is 7.07. The summed E-state index contributed by atoms with van der Waals surface area (Å²) in [6, 6.07) is 5.88. The Labute approximate surface area is 164 Å². The summed E-state index contributed by atoms with van der Waals surface area (Å²) < 4.78 is 17.1. The van der Waals surface area contributed by atoms with Crippen LogP contribution in [0.4, 0.5) is 0 Å². The largest absolute Gasteiger partial charge is 0.870 e. The summed E-state index contributed by atoms with van der Waals surface area (Å²) in [5, 5.41) is 20.9. The van der Waals surface area contributed by atoms with Gasteiger partial charge in [0.2, 0.25) is 5.75 Å². The number of ether oxygens (including phenoxy) is 3. The molecule has 0 aliphatic carbocycles. The van der Waals surface area contributed by atoms with Gasteiger partial charge in [-0.15, -0.1) is 0 Å². The van der Waals surface area contributed by atoms with Crippen LogP contribution in [0.5, 0.6) is 28.7 Å². The third kappa shape index (κ3) is 2.73. The molecule has 2 atom stereocenters. The molecule has 0 amide bonds. The fourth-order valence-electron chi connectivity index (χ4n) is 4.79. The van der Waals surface area contributed by atoms with Gasteiger partial charge in [0.05, 0.1) is 40.5 Å². The number of phenols is 2. The summed E-state index contributed by atoms with van der Waals surface area (Å²) >= 11 is 0. The van der Waals surface area contributed by atoms with Gasteiger partial charge in [-0.25, -0.2) is 0 Å². The first-order valence-corrected chi connectivity index (χ1v) is 9.12. The van der Waals surface area contributed by atoms with Crippen molar-refractivity contribution in [1.82, 2.24) is 0 Å². The topological polar surface area (TPSA) is 98.2 Å². The maximum atomic E-state index is 10.8. The van der Waals surface area contributed by atoms with E-state index < -0.39 is 0 Å². The zero-order valence-corrected chi connectivity index (χ0v) is 16.7. The van der Waals surface area contributed by atoms with E-state index in [2.05, 4.69) is 7.05 Å². The number of hydrogen-bond donors (Lipinski definition) is 2. The molecule has 152 valence electrons. The molecule has 7 heteroatoms. The molecule has 0 spiro atoms. The van der Waals surface area contributed by atoms with Crippen LogP contribution in [0.2, 0.25) is 0 Å². The first-order chi connectivity index (χ1) is 12.9. The van der Waals surface area contributed by atoms with Crippen molar-refractivity contribution in [2.24, 2.45) is 0 Å². The lowest BCUT2D eigenvalue weighted by atomic mass is 9.81. The van der Waals surface area contributed by atoms with Gasteiger partial charge in [-0.3, -0.25) is 0 Å². The van der Waals surface area contributed by atoms with E-state index in [1.807, 2.05) is 12.1 Å². The van der Waals surface area contributed by atoms with Crippen LogP contribution >= 0.6 is 0 Å². The fraction of sp³-hybridized carbons (Fsp3) is 0.429. The Morgan fingerprint density at radius 3 is 2.36 bits per heavy atom. The van der Waals surface area contributed by atoms with E-state index >= 15 is 0 Å². The van der Waals surface area contributed by atoms with E-state index in [1.54, 1.807) is 27.4 Å². The number of benzene rings is 2. The predicted octanol–water partition coefficient (Wildman–Crippen LogP) is 2.75. The molecule has 28 heavy (non-hydrogen) atoms. The number of aromatic hydroxyl groups is 2. The van der Waals surface area contributed by atoms with Gasteiger partial charge in [-0.2, -0.15) is 0 Å². The average Bonchev–Trinajstić information content (AvgIpc) is 2.66. The van der Waals surface area contributed by atoms with Crippen molar-refractivity contribution in [2.75, 3.05) is 34.9 Å². The number of methoxy groups -OCH3 is 3. The smallest absolute Gasteiger partial charge is 0.203 e. The Kier molecular flexibility index (Phi) is 5.08. The average molecular weight is 389 g/mol. The summed E-state index contributed by atoms with van der Waals surface area (Å²) in [6.45, 7) is 1.66. The zero-order chi connectivity index (χ0) is 19.3. The van der Waals surface area contributed by atoms with Gasteiger partial charge in [0.1, 0.15) is 12.6 Å². The summed E-state index contributed by atoms with van der Waals surface area (Å²) in [5.74, 6) is 1.90. The molecular formula is C21H27NO6. The maximum Gasteiger partial charge on any atom is 0.203 e. The van der Waals surface area contributed by atoms with E-state index in [0.29, 0.717) is 17.2 Å². The molecule has 0 radical (unpaired) electrons. The van der Waals surface area contributed by atoms with Gasteiger partial charge in [-0.05, 0) is 17.7 Å². The molecule has 0 saturated carbocycles. The van der Waals surface area contributed by atoms with Crippen molar-refractivity contribution in [3.05, 3.63) is 40.5 Å². The third-order valence-electron chi connectivity index (χ3n) is 6.24. The number of phenolic OH excluding ortho intramolecular Hbond substituents is 2. The summed E-state index contributed by atoms with van der Waals surface area (Å²) in [5.41, 5.74) is 4.30. The molecule has 0 saturated heterocycles. The van der Waals surface area contributed by atoms with E-state index in [9.17, 15) is 10.2 Å². The number of quaternary nitrogens is 1. The Morgan fingerprint density at radius 2 is 1.71 bits per heavy atom. The van der Waals surface area contributed by atoms with E-state index in [0.717, 1.165) is 47.1 Å². The zero-order valence-electron chi connectivity index (χ0n) is 16.7. The highest BCUT2D eigenvalue weighted by Crippen LogP contribution is 2.51. The lowest BCUT2D eigenvalue weighted by Gasteiger charge is -2.49. The standard InChI is InChI=1S/C21H25NO5.H2O/c1-22-8-7-13-14(10-18(25-2)21(27-4)19(13)24)16(22)9-12-5-6-17(23)20(26-3)15(12)11-22;/h5-6,10,16H,7-9,11H2,1-4H3,(H-,23,24);1H2/t16-,22+;/m0./s1. The van der Waals surface area contributed by atoms with Crippen molar-refractivity contribution in [1.29, 1.82) is 0 Å². The molecule has 2 aliphatic rings. The molecule has 0 fully saturated rings. The minimum absolute atomic E-state index is 0. The molecule has 3 N–H and O–H groups in total. The first-order valence-electron chi connectivity index (χ1n) is 9.12. The van der Waals surface area contributed by atoms with Crippen LogP contribution in [-0.4, -0.2) is 55.1 Å². The molecule has 0 unspecified atom stereocenters. The molecule has 0 bridgehead atoms. The highest BCUT2D eigenvalue weighted by Gasteiger charge is 2.45. The molecule has 2 aromatic rings. The first kappa shape index (κ1) is 20.1. The Hall–Kier alpha value is -2.64. The van der Waals surface area contributed by atoms with E-state index in [4.69, 9.17) is 14.2 Å². The van der Waals surface area contributed by atoms with Gasteiger partial charge in [-0.1, -0.05) is 6.07 Å². The molecule has 0 aromatic heterocycles. The summed E-state index contributed by atoms with van der Waals surface area (Å²) in [7, 11) is 6.96. The minimum atomic E-state index is 0. The molecule has 7 nitrogen and oxygen atoms in total. The lowest BCUT2D eigenvalue weighted by Crippen LogP contribution is -2.53. The van der Waals surface area contributed by atoms with E-state index in [1.165, 1.54) is 5.56 Å². The van der Waals surface area contributed by atoms with Gasteiger partial charge in [0, 0.05) is 24.0 Å². The number of hydrogen-bond acceptors (Lipinski definition) is 6. The number of fused-ring (bicyclic) bond motifs is 4. The fourth-order valence-corrected chi connectivity index (χ4v) is 4.79. The van der Waals surface area contributed by atoms with Crippen LogP contribution in [0.1, 0.15) is 28.3 Å². The summed E-state index contributed by atoms with van der Waals surface area (Å²) in [4.78, 5) is 0. The number of rotatable bonds is 3. The Morgan fingerprint density at radius 1 is 1.00 bits per heavy atom. The van der Waals surface area contributed by atoms with Crippen molar-refractivity contribution < 1.29 is 34.4 Å².